The predicted octanol–water partition coefficient (Wildman–Crippen LogP) is 6.98. The van der Waals surface area contributed by atoms with E-state index in [0.717, 1.165) is 29.5 Å². The Morgan fingerprint density at radius 3 is 1.50 bits per heavy atom. The van der Waals surface area contributed by atoms with Crippen LogP contribution in [0.2, 0.25) is 0 Å². The maximum Gasteiger partial charge on any atom is 0.319 e. The van der Waals surface area contributed by atoms with Gasteiger partial charge < -0.3 is 28.0 Å². The Morgan fingerprint density at radius 2 is 1.06 bits per heavy atom. The number of nitrogens with zero attached hydrogens (tertiary/aromatic N) is 7. The number of benzene rings is 1. The van der Waals surface area contributed by atoms with Crippen molar-refractivity contribution >= 4 is 32.4 Å². The molecule has 68 heavy (non-hydrogen) atoms. The highest BCUT2D eigenvalue weighted by Crippen LogP contribution is 2.46. The molecule has 0 saturated carbocycles. The van der Waals surface area contributed by atoms with E-state index in [0.29, 0.717) is 60.2 Å². The fourth-order valence-electron chi connectivity index (χ4n) is 6.84. The monoisotopic (exact) mass is 951 g/mol. The fraction of sp³-hybridized carbons (Fsp3) is 0.440. The summed E-state index contributed by atoms with van der Waals surface area (Å²) in [6.07, 6.45) is 2.68. The number of nitriles is 1. The van der Waals surface area contributed by atoms with E-state index in [9.17, 15) is 19.2 Å². The van der Waals surface area contributed by atoms with Gasteiger partial charge in [-0.25, -0.2) is 19.6 Å². The minimum atomic E-state index is -1.28. The van der Waals surface area contributed by atoms with Crippen LogP contribution >= 0.6 is 8.53 Å². The molecule has 4 rings (SSSR count). The van der Waals surface area contributed by atoms with Gasteiger partial charge in [0.25, 0.3) is 8.53 Å². The van der Waals surface area contributed by atoms with Gasteiger partial charge in [-0.3, -0.25) is 29.0 Å². The van der Waals surface area contributed by atoms with Gasteiger partial charge in [0.15, 0.2) is 0 Å². The molecular weight excluding hydrogens is 890 g/mol. The van der Waals surface area contributed by atoms with Crippen LogP contribution in [0.15, 0.2) is 72.8 Å². The normalized spacial score (nSPS) is 11.6. The molecule has 1 unspecified atom stereocenters. The van der Waals surface area contributed by atoms with E-state index in [1.807, 2.05) is 60.7 Å². The van der Waals surface area contributed by atoms with Crippen molar-refractivity contribution in [1.29, 1.82) is 5.26 Å². The summed E-state index contributed by atoms with van der Waals surface area (Å²) < 4.78 is 33.8. The summed E-state index contributed by atoms with van der Waals surface area (Å²) in [4.78, 5) is 66.9. The van der Waals surface area contributed by atoms with Crippen LogP contribution in [0, 0.1) is 23.2 Å². The number of unbranched alkanes of at least 4 members (excludes halogenated alkanes) is 2. The number of aromatic nitrogens is 3. The van der Waals surface area contributed by atoms with Crippen LogP contribution in [0.25, 0.3) is 33.9 Å². The number of esters is 4. The number of pyridine rings is 3. The molecule has 0 fully saturated rings. The van der Waals surface area contributed by atoms with E-state index >= 15 is 0 Å². The Bertz CT molecular complexity index is 2230. The zero-order valence-corrected chi connectivity index (χ0v) is 41.1. The molecule has 0 aliphatic carbocycles. The van der Waals surface area contributed by atoms with Gasteiger partial charge in [-0.1, -0.05) is 36.1 Å². The number of rotatable bonds is 26. The average Bonchev–Trinajstić information content (AvgIpc) is 3.33. The Labute approximate surface area is 401 Å². The van der Waals surface area contributed by atoms with Crippen molar-refractivity contribution in [3.63, 3.8) is 0 Å². The first-order chi connectivity index (χ1) is 32.8. The largest absolute Gasteiger partial charge is 0.468 e. The summed E-state index contributed by atoms with van der Waals surface area (Å²) in [5.74, 6) is 4.52. The number of carbonyl (C=O) groups excluding carboxylic acids is 4. The third-order valence-corrected chi connectivity index (χ3v) is 12.2. The SMILES string of the molecule is COC(=O)CN(CC(=O)OC)Cc1cccc(-c2cc(-c3ccc(C#CCCCCOP(OCCC#N)N(C(C)C)C(C)C)cc3)cc(-c3cccc(CN(CC(=O)OC)CC(=O)OC)n3)n2)n1. The van der Waals surface area contributed by atoms with Crippen molar-refractivity contribution in [3.8, 4) is 51.8 Å². The van der Waals surface area contributed by atoms with Crippen LogP contribution in [0.5, 0.6) is 0 Å². The molecule has 0 amide bonds. The van der Waals surface area contributed by atoms with Crippen molar-refractivity contribution in [2.45, 2.75) is 78.6 Å². The fourth-order valence-corrected chi connectivity index (χ4v) is 8.47. The highest BCUT2D eigenvalue weighted by Gasteiger charge is 2.27. The van der Waals surface area contributed by atoms with Gasteiger partial charge in [0.05, 0.1) is 114 Å². The molecule has 4 aromatic rings. The van der Waals surface area contributed by atoms with Crippen LogP contribution < -0.4 is 0 Å². The standard InChI is InChI=1S/C50H62N7O10P/c1-36(2)57(37(3)4)68(67-27-15-25-51)66-26-12-10-9-11-16-38-21-23-39(24-22-38)40-28-45(43-19-13-17-41(52-43)30-55(32-47(58)62-5)33-48(59)63-6)54-46(29-40)44-20-14-18-42(53-44)31-56(34-49(60)64-7)35-50(61)65-8/h13-14,17-24,28-29,36-37H,9-10,12,15,26-27,30-35H2,1-8H3. The van der Waals surface area contributed by atoms with Gasteiger partial charge in [0.1, 0.15) is 0 Å². The highest BCUT2D eigenvalue weighted by molar-refractivity contribution is 7.44. The highest BCUT2D eigenvalue weighted by atomic mass is 31.2. The van der Waals surface area contributed by atoms with Gasteiger partial charge >= 0.3 is 23.9 Å². The smallest absolute Gasteiger partial charge is 0.319 e. The van der Waals surface area contributed by atoms with E-state index in [1.165, 1.54) is 28.4 Å². The van der Waals surface area contributed by atoms with Gasteiger partial charge in [0, 0.05) is 37.2 Å². The summed E-state index contributed by atoms with van der Waals surface area (Å²) in [5.41, 5.74) is 5.86. The topological polar surface area (TPSA) is 196 Å². The molecule has 3 heterocycles. The number of ether oxygens (including phenoxy) is 4. The Balaban J connectivity index is 1.61. The maximum absolute atomic E-state index is 12.2. The van der Waals surface area contributed by atoms with Gasteiger partial charge in [-0.05, 0) is 100 Å². The Kier molecular flexibility index (Phi) is 23.1. The molecule has 0 aliphatic rings. The van der Waals surface area contributed by atoms with Crippen molar-refractivity contribution in [1.82, 2.24) is 29.4 Å². The molecular formula is C50H62N7O10P. The van der Waals surface area contributed by atoms with Crippen molar-refractivity contribution in [3.05, 3.63) is 89.7 Å². The van der Waals surface area contributed by atoms with Crippen molar-refractivity contribution in [2.24, 2.45) is 0 Å². The molecule has 0 N–H and O–H groups in total. The van der Waals surface area contributed by atoms with E-state index in [4.69, 9.17) is 48.2 Å². The van der Waals surface area contributed by atoms with Gasteiger partial charge in [0.2, 0.25) is 0 Å². The molecule has 1 atom stereocenters. The van der Waals surface area contributed by atoms with Crippen LogP contribution in [0.1, 0.15) is 70.3 Å². The number of hydrogen-bond donors (Lipinski definition) is 0. The number of methoxy groups -OCH3 is 4. The van der Waals surface area contributed by atoms with Gasteiger partial charge in [-0.2, -0.15) is 5.26 Å². The van der Waals surface area contributed by atoms with E-state index in [1.54, 1.807) is 21.9 Å². The molecule has 0 saturated heterocycles. The quantitative estimate of drug-likeness (QED) is 0.0205. The number of hydrogen-bond acceptors (Lipinski definition) is 17. The first-order valence-corrected chi connectivity index (χ1v) is 23.4. The average molecular weight is 952 g/mol. The second-order valence-corrected chi connectivity index (χ2v) is 17.4. The second kappa shape index (κ2) is 28.9. The molecule has 0 aliphatic heterocycles. The molecule has 0 bridgehead atoms. The van der Waals surface area contributed by atoms with Crippen LogP contribution in [-0.4, -0.2) is 133 Å². The molecule has 0 radical (unpaired) electrons. The first-order valence-electron chi connectivity index (χ1n) is 22.2. The van der Waals surface area contributed by atoms with E-state index in [2.05, 4.69) is 50.3 Å². The van der Waals surface area contributed by atoms with Gasteiger partial charge in [-0.15, -0.1) is 0 Å². The predicted molar refractivity (Wildman–Crippen MR) is 257 cm³/mol. The van der Waals surface area contributed by atoms with Crippen LogP contribution in [0.4, 0.5) is 0 Å². The lowest BCUT2D eigenvalue weighted by Crippen LogP contribution is -2.35. The molecule has 0 spiro atoms. The van der Waals surface area contributed by atoms with Crippen molar-refractivity contribution < 1.29 is 47.2 Å². The zero-order chi connectivity index (χ0) is 49.4. The first kappa shape index (κ1) is 54.4. The van der Waals surface area contributed by atoms with Crippen molar-refractivity contribution in [2.75, 3.05) is 67.8 Å². The summed E-state index contributed by atoms with van der Waals surface area (Å²) in [6.45, 7) is 9.02. The van der Waals surface area contributed by atoms with Crippen LogP contribution in [0.3, 0.4) is 0 Å². The minimum absolute atomic E-state index is 0.147. The molecule has 1 aromatic carbocycles. The lowest BCUT2D eigenvalue weighted by molar-refractivity contribution is -0.147. The lowest BCUT2D eigenvalue weighted by atomic mass is 10.0. The maximum atomic E-state index is 12.2. The zero-order valence-electron chi connectivity index (χ0n) is 40.2. The molecule has 3 aromatic heterocycles. The summed E-state index contributed by atoms with van der Waals surface area (Å²) in [6, 6.07) is 25.3. The Morgan fingerprint density at radius 1 is 0.588 bits per heavy atom. The molecule has 362 valence electrons. The molecule has 18 heteroatoms. The second-order valence-electron chi connectivity index (χ2n) is 16.0. The summed E-state index contributed by atoms with van der Waals surface area (Å²) >= 11 is 0. The number of carbonyl (C=O) groups is 4. The third kappa shape index (κ3) is 18.1. The summed E-state index contributed by atoms with van der Waals surface area (Å²) in [5, 5.41) is 8.99. The lowest BCUT2D eigenvalue weighted by Gasteiger charge is -2.35. The molecule has 17 nitrogen and oxygen atoms in total. The minimum Gasteiger partial charge on any atom is -0.468 e. The van der Waals surface area contributed by atoms with E-state index < -0.39 is 32.4 Å². The van der Waals surface area contributed by atoms with Crippen LogP contribution in [-0.2, 0) is 60.3 Å². The Hall–Kier alpha value is -6.17. The third-order valence-electron chi connectivity index (χ3n) is 10.1. The summed E-state index contributed by atoms with van der Waals surface area (Å²) in [7, 11) is 3.85. The van der Waals surface area contributed by atoms with E-state index in [-0.39, 0.29) is 51.4 Å².